The smallest absolute Gasteiger partial charge is 0.187 e. The molecule has 0 fully saturated rings. The van der Waals surface area contributed by atoms with E-state index in [1.807, 2.05) is 20.0 Å². The first-order chi connectivity index (χ1) is 6.09. The number of rotatable bonds is 3. The third-order valence-electron chi connectivity index (χ3n) is 1.75. The van der Waals surface area contributed by atoms with Crippen molar-refractivity contribution in [2.45, 2.75) is 32.9 Å². The molecule has 0 aliphatic carbocycles. The van der Waals surface area contributed by atoms with Gasteiger partial charge in [-0.1, -0.05) is 25.6 Å². The van der Waals surface area contributed by atoms with Crippen molar-refractivity contribution >= 4 is 11.8 Å². The van der Waals surface area contributed by atoms with E-state index in [1.165, 1.54) is 0 Å². The molecule has 0 amide bonds. The van der Waals surface area contributed by atoms with Crippen molar-refractivity contribution in [3.8, 4) is 0 Å². The normalized spacial score (nSPS) is 10.8. The molecule has 0 aliphatic rings. The van der Waals surface area contributed by atoms with Gasteiger partial charge in [0.2, 0.25) is 0 Å². The first-order valence-corrected chi connectivity index (χ1v) is 5.51. The lowest BCUT2D eigenvalue weighted by atomic mass is 10.3. The Hall–Kier alpha value is -0.570. The third kappa shape index (κ3) is 3.35. The Morgan fingerprint density at radius 2 is 2.08 bits per heavy atom. The molecule has 1 aromatic heterocycles. The van der Waals surface area contributed by atoms with Crippen LogP contribution in [0.3, 0.4) is 0 Å². The average Bonchev–Trinajstić information content (AvgIpc) is 2.07. The second kappa shape index (κ2) is 4.61. The van der Waals surface area contributed by atoms with Gasteiger partial charge in [0.05, 0.1) is 0 Å². The predicted octanol–water partition coefficient (Wildman–Crippen LogP) is 2.84. The van der Waals surface area contributed by atoms with Crippen molar-refractivity contribution in [3.63, 3.8) is 0 Å². The molecule has 0 aromatic carbocycles. The number of hydrogen-bond acceptors (Lipinski definition) is 3. The molecule has 0 saturated heterocycles. The molecule has 0 aliphatic heterocycles. The van der Waals surface area contributed by atoms with Crippen LogP contribution in [0.5, 0.6) is 0 Å². The van der Waals surface area contributed by atoms with Crippen molar-refractivity contribution < 1.29 is 0 Å². The molecule has 0 spiro atoms. The van der Waals surface area contributed by atoms with Crippen molar-refractivity contribution in [2.24, 2.45) is 5.92 Å². The van der Waals surface area contributed by atoms with Crippen LogP contribution >= 0.6 is 11.8 Å². The molecule has 72 valence electrons. The van der Waals surface area contributed by atoms with Gasteiger partial charge in [0, 0.05) is 17.6 Å². The van der Waals surface area contributed by atoms with Crippen LogP contribution in [0.2, 0.25) is 0 Å². The van der Waals surface area contributed by atoms with E-state index in [0.717, 1.165) is 22.2 Å². The predicted molar refractivity (Wildman–Crippen MR) is 57.1 cm³/mol. The minimum atomic E-state index is 0.690. The summed E-state index contributed by atoms with van der Waals surface area (Å²) in [6, 6.07) is 0. The van der Waals surface area contributed by atoms with Crippen molar-refractivity contribution in [3.05, 3.63) is 17.5 Å². The number of hydrogen-bond donors (Lipinski definition) is 0. The second-order valence-electron chi connectivity index (χ2n) is 3.63. The molecule has 0 radical (unpaired) electrons. The van der Waals surface area contributed by atoms with E-state index in [0.29, 0.717) is 5.92 Å². The molecule has 1 heterocycles. The summed E-state index contributed by atoms with van der Waals surface area (Å²) in [6.07, 6.45) is 1.89. The third-order valence-corrected chi connectivity index (χ3v) is 3.04. The summed E-state index contributed by atoms with van der Waals surface area (Å²) in [4.78, 5) is 8.66. The van der Waals surface area contributed by atoms with Crippen molar-refractivity contribution in [2.75, 3.05) is 5.75 Å². The maximum atomic E-state index is 4.40. The van der Waals surface area contributed by atoms with Gasteiger partial charge in [-0.3, -0.25) is 0 Å². The number of aryl methyl sites for hydroxylation is 2. The molecule has 1 rings (SSSR count). The van der Waals surface area contributed by atoms with E-state index in [2.05, 4.69) is 23.8 Å². The lowest BCUT2D eigenvalue weighted by Gasteiger charge is -2.04. The molecule has 0 saturated carbocycles. The van der Waals surface area contributed by atoms with Gasteiger partial charge in [-0.05, 0) is 25.3 Å². The van der Waals surface area contributed by atoms with Gasteiger partial charge < -0.3 is 0 Å². The van der Waals surface area contributed by atoms with E-state index in [9.17, 15) is 0 Å². The summed E-state index contributed by atoms with van der Waals surface area (Å²) in [6.45, 7) is 8.46. The molecule has 0 N–H and O–H groups in total. The first-order valence-electron chi connectivity index (χ1n) is 4.52. The van der Waals surface area contributed by atoms with Crippen LogP contribution in [0.25, 0.3) is 0 Å². The standard InChI is InChI=1S/C10H16N2S/c1-7(2)6-13-10-11-5-8(3)9(4)12-10/h5,7H,6H2,1-4H3. The van der Waals surface area contributed by atoms with Gasteiger partial charge in [-0.15, -0.1) is 0 Å². The maximum Gasteiger partial charge on any atom is 0.187 e. The summed E-state index contributed by atoms with van der Waals surface area (Å²) in [5.74, 6) is 1.78. The Labute approximate surface area is 84.2 Å². The summed E-state index contributed by atoms with van der Waals surface area (Å²) >= 11 is 1.73. The van der Waals surface area contributed by atoms with Crippen molar-refractivity contribution in [1.29, 1.82) is 0 Å². The molecule has 13 heavy (non-hydrogen) atoms. The lowest BCUT2D eigenvalue weighted by Crippen LogP contribution is -1.96. The van der Waals surface area contributed by atoms with Crippen LogP contribution in [0.4, 0.5) is 0 Å². The molecular formula is C10H16N2S. The van der Waals surface area contributed by atoms with Gasteiger partial charge in [-0.25, -0.2) is 9.97 Å². The van der Waals surface area contributed by atoms with E-state index in [1.54, 1.807) is 11.8 Å². The number of nitrogens with zero attached hydrogens (tertiary/aromatic N) is 2. The highest BCUT2D eigenvalue weighted by molar-refractivity contribution is 7.99. The van der Waals surface area contributed by atoms with Gasteiger partial charge in [0.25, 0.3) is 0 Å². The minimum absolute atomic E-state index is 0.690. The maximum absolute atomic E-state index is 4.40. The Bertz CT molecular complexity index is 284. The van der Waals surface area contributed by atoms with Crippen LogP contribution in [-0.4, -0.2) is 15.7 Å². The number of aromatic nitrogens is 2. The van der Waals surface area contributed by atoms with Crippen LogP contribution in [-0.2, 0) is 0 Å². The number of thioether (sulfide) groups is 1. The summed E-state index contributed by atoms with van der Waals surface area (Å²) in [7, 11) is 0. The second-order valence-corrected chi connectivity index (χ2v) is 4.61. The van der Waals surface area contributed by atoms with Crippen LogP contribution in [0.15, 0.2) is 11.4 Å². The van der Waals surface area contributed by atoms with E-state index in [4.69, 9.17) is 0 Å². The van der Waals surface area contributed by atoms with E-state index in [-0.39, 0.29) is 0 Å². The quantitative estimate of drug-likeness (QED) is 0.549. The molecule has 1 aromatic rings. The largest absolute Gasteiger partial charge is 0.231 e. The summed E-state index contributed by atoms with van der Waals surface area (Å²) < 4.78 is 0. The minimum Gasteiger partial charge on any atom is -0.231 e. The monoisotopic (exact) mass is 196 g/mol. The Morgan fingerprint density at radius 1 is 1.38 bits per heavy atom. The Morgan fingerprint density at radius 3 is 2.62 bits per heavy atom. The molecule has 2 nitrogen and oxygen atoms in total. The fraction of sp³-hybridized carbons (Fsp3) is 0.600. The average molecular weight is 196 g/mol. The topological polar surface area (TPSA) is 25.8 Å². The zero-order valence-electron chi connectivity index (χ0n) is 8.66. The molecule has 0 unspecified atom stereocenters. The zero-order chi connectivity index (χ0) is 9.84. The Balaban J connectivity index is 2.63. The van der Waals surface area contributed by atoms with Crippen LogP contribution in [0.1, 0.15) is 25.1 Å². The molecular weight excluding hydrogens is 180 g/mol. The Kier molecular flexibility index (Phi) is 3.72. The first kappa shape index (κ1) is 10.5. The van der Waals surface area contributed by atoms with E-state index < -0.39 is 0 Å². The fourth-order valence-electron chi connectivity index (χ4n) is 0.817. The molecule has 3 heteroatoms. The molecule has 0 atom stereocenters. The molecule has 0 bridgehead atoms. The van der Waals surface area contributed by atoms with Crippen LogP contribution in [0, 0.1) is 19.8 Å². The SMILES string of the molecule is Cc1cnc(SCC(C)C)nc1C. The highest BCUT2D eigenvalue weighted by atomic mass is 32.2. The zero-order valence-corrected chi connectivity index (χ0v) is 9.48. The van der Waals surface area contributed by atoms with E-state index >= 15 is 0 Å². The highest BCUT2D eigenvalue weighted by Crippen LogP contribution is 2.16. The summed E-state index contributed by atoms with van der Waals surface area (Å²) in [5, 5.41) is 0.900. The fourth-order valence-corrected chi connectivity index (χ4v) is 1.63. The van der Waals surface area contributed by atoms with Gasteiger partial charge >= 0.3 is 0 Å². The lowest BCUT2D eigenvalue weighted by molar-refractivity contribution is 0.747. The van der Waals surface area contributed by atoms with Gasteiger partial charge in [0.1, 0.15) is 0 Å². The van der Waals surface area contributed by atoms with Gasteiger partial charge in [-0.2, -0.15) is 0 Å². The highest BCUT2D eigenvalue weighted by Gasteiger charge is 2.01. The van der Waals surface area contributed by atoms with Gasteiger partial charge in [0.15, 0.2) is 5.16 Å². The summed E-state index contributed by atoms with van der Waals surface area (Å²) in [5.41, 5.74) is 2.25. The van der Waals surface area contributed by atoms with Crippen LogP contribution < -0.4 is 0 Å². The van der Waals surface area contributed by atoms with Crippen molar-refractivity contribution in [1.82, 2.24) is 9.97 Å².